The minimum atomic E-state index is -0.515. The van der Waals surface area contributed by atoms with E-state index < -0.39 is 12.0 Å². The number of carbonyl (C=O) groups is 1. The van der Waals surface area contributed by atoms with Gasteiger partial charge in [0.1, 0.15) is 6.10 Å². The van der Waals surface area contributed by atoms with E-state index in [9.17, 15) is 4.79 Å². The Labute approximate surface area is 114 Å². The van der Waals surface area contributed by atoms with E-state index in [1.165, 1.54) is 0 Å². The molecule has 1 aromatic heterocycles. The Bertz CT molecular complexity index is 460. The normalized spacial score (nSPS) is 21.2. The standard InChI is InChI=1S/C11H17BrN4O2/c1-7-10(12)8(2)16(14-7)6-15-3-4-18-9(5-15)11(13)17/h9H,3-6H2,1-2H3,(H2,13,17)/t9-/m1/s1. The highest BCUT2D eigenvalue weighted by Gasteiger charge is 2.25. The van der Waals surface area contributed by atoms with Crippen LogP contribution in [0.15, 0.2) is 4.47 Å². The third-order valence-corrected chi connectivity index (χ3v) is 4.24. The van der Waals surface area contributed by atoms with E-state index in [2.05, 4.69) is 25.9 Å². The molecule has 6 nitrogen and oxygen atoms in total. The fourth-order valence-corrected chi connectivity index (χ4v) is 2.29. The van der Waals surface area contributed by atoms with Crippen molar-refractivity contribution in [2.45, 2.75) is 26.6 Å². The van der Waals surface area contributed by atoms with Gasteiger partial charge in [0.15, 0.2) is 0 Å². The SMILES string of the molecule is Cc1nn(CN2CCO[C@@H](C(N)=O)C2)c(C)c1Br. The molecule has 0 radical (unpaired) electrons. The minimum absolute atomic E-state index is 0.408. The number of morpholine rings is 1. The largest absolute Gasteiger partial charge is 0.367 e. The average Bonchev–Trinajstić information content (AvgIpc) is 2.57. The first-order valence-corrected chi connectivity index (χ1v) is 6.61. The lowest BCUT2D eigenvalue weighted by molar-refractivity contribution is -0.136. The first-order chi connectivity index (χ1) is 8.49. The van der Waals surface area contributed by atoms with Gasteiger partial charge >= 0.3 is 0 Å². The van der Waals surface area contributed by atoms with Crippen LogP contribution in [-0.4, -0.2) is 46.4 Å². The number of nitrogens with two attached hydrogens (primary N) is 1. The second-order valence-electron chi connectivity index (χ2n) is 4.46. The van der Waals surface area contributed by atoms with Gasteiger partial charge in [0, 0.05) is 13.1 Å². The van der Waals surface area contributed by atoms with Gasteiger partial charge in [-0.2, -0.15) is 5.10 Å². The van der Waals surface area contributed by atoms with E-state index in [4.69, 9.17) is 10.5 Å². The summed E-state index contributed by atoms with van der Waals surface area (Å²) in [5.41, 5.74) is 7.30. The van der Waals surface area contributed by atoms with E-state index in [-0.39, 0.29) is 0 Å². The van der Waals surface area contributed by atoms with Gasteiger partial charge in [0.2, 0.25) is 5.91 Å². The molecule has 0 bridgehead atoms. The summed E-state index contributed by atoms with van der Waals surface area (Å²) < 4.78 is 8.26. The molecule has 1 atom stereocenters. The summed E-state index contributed by atoms with van der Waals surface area (Å²) >= 11 is 3.50. The van der Waals surface area contributed by atoms with E-state index in [0.29, 0.717) is 19.8 Å². The zero-order chi connectivity index (χ0) is 13.3. The number of aromatic nitrogens is 2. The molecule has 1 aliphatic rings. The van der Waals surface area contributed by atoms with Crippen molar-refractivity contribution in [3.63, 3.8) is 0 Å². The van der Waals surface area contributed by atoms with E-state index in [0.717, 1.165) is 22.4 Å². The molecule has 0 aromatic carbocycles. The zero-order valence-electron chi connectivity index (χ0n) is 10.5. The van der Waals surface area contributed by atoms with Gasteiger partial charge in [-0.15, -0.1) is 0 Å². The van der Waals surface area contributed by atoms with Crippen LogP contribution < -0.4 is 5.73 Å². The topological polar surface area (TPSA) is 73.4 Å². The summed E-state index contributed by atoms with van der Waals surface area (Å²) in [6.07, 6.45) is -0.515. The molecule has 1 saturated heterocycles. The number of primary amides is 1. The quantitative estimate of drug-likeness (QED) is 0.876. The summed E-state index contributed by atoms with van der Waals surface area (Å²) in [5, 5.41) is 4.44. The van der Waals surface area contributed by atoms with Crippen LogP contribution in [0.25, 0.3) is 0 Å². The van der Waals surface area contributed by atoms with Crippen LogP contribution in [0.5, 0.6) is 0 Å². The van der Waals surface area contributed by atoms with Crippen LogP contribution in [0.4, 0.5) is 0 Å². The number of hydrogen-bond acceptors (Lipinski definition) is 4. The molecule has 2 heterocycles. The van der Waals surface area contributed by atoms with E-state index >= 15 is 0 Å². The maximum atomic E-state index is 11.1. The molecule has 1 amide bonds. The third-order valence-electron chi connectivity index (χ3n) is 3.10. The van der Waals surface area contributed by atoms with Crippen molar-refractivity contribution >= 4 is 21.8 Å². The molecule has 18 heavy (non-hydrogen) atoms. The monoisotopic (exact) mass is 316 g/mol. The third kappa shape index (κ3) is 2.73. The second-order valence-corrected chi connectivity index (χ2v) is 5.26. The van der Waals surface area contributed by atoms with Gasteiger partial charge in [-0.25, -0.2) is 0 Å². The van der Waals surface area contributed by atoms with Gasteiger partial charge in [0.05, 0.1) is 29.1 Å². The van der Waals surface area contributed by atoms with E-state index in [1.54, 1.807) is 0 Å². The minimum Gasteiger partial charge on any atom is -0.367 e. The van der Waals surface area contributed by atoms with Gasteiger partial charge in [-0.05, 0) is 29.8 Å². The summed E-state index contributed by atoms with van der Waals surface area (Å²) in [6.45, 7) is 6.43. The number of rotatable bonds is 3. The van der Waals surface area contributed by atoms with Crippen LogP contribution in [0.2, 0.25) is 0 Å². The number of amides is 1. The molecule has 1 aromatic rings. The number of aryl methyl sites for hydroxylation is 1. The van der Waals surface area contributed by atoms with Crippen molar-refractivity contribution in [3.05, 3.63) is 15.9 Å². The highest BCUT2D eigenvalue weighted by molar-refractivity contribution is 9.10. The van der Waals surface area contributed by atoms with Crippen molar-refractivity contribution in [1.29, 1.82) is 0 Å². The molecule has 2 N–H and O–H groups in total. The van der Waals surface area contributed by atoms with Crippen LogP contribution in [0.1, 0.15) is 11.4 Å². The first-order valence-electron chi connectivity index (χ1n) is 5.82. The molecule has 0 aliphatic carbocycles. The molecule has 0 spiro atoms. The maximum absolute atomic E-state index is 11.1. The van der Waals surface area contributed by atoms with Crippen molar-refractivity contribution in [3.8, 4) is 0 Å². The van der Waals surface area contributed by atoms with Crippen LogP contribution in [0.3, 0.4) is 0 Å². The van der Waals surface area contributed by atoms with Gasteiger partial charge in [-0.3, -0.25) is 14.4 Å². The summed E-state index contributed by atoms with van der Waals surface area (Å²) in [4.78, 5) is 13.2. The molecule has 1 aliphatic heterocycles. The molecular weight excluding hydrogens is 300 g/mol. The van der Waals surface area contributed by atoms with Crippen molar-refractivity contribution in [2.24, 2.45) is 5.73 Å². The van der Waals surface area contributed by atoms with Gasteiger partial charge < -0.3 is 10.5 Å². The molecule has 0 unspecified atom stereocenters. The first kappa shape index (κ1) is 13.5. The molecular formula is C11H17BrN4O2. The van der Waals surface area contributed by atoms with Crippen molar-refractivity contribution in [1.82, 2.24) is 14.7 Å². The summed E-state index contributed by atoms with van der Waals surface area (Å²) in [6, 6.07) is 0. The van der Waals surface area contributed by atoms with Crippen LogP contribution >= 0.6 is 15.9 Å². The van der Waals surface area contributed by atoms with Crippen molar-refractivity contribution < 1.29 is 9.53 Å². The number of ether oxygens (including phenoxy) is 1. The Morgan fingerprint density at radius 3 is 2.89 bits per heavy atom. The second kappa shape index (κ2) is 5.38. The van der Waals surface area contributed by atoms with Gasteiger partial charge in [0.25, 0.3) is 0 Å². The highest BCUT2D eigenvalue weighted by atomic mass is 79.9. The lowest BCUT2D eigenvalue weighted by Gasteiger charge is -2.31. The smallest absolute Gasteiger partial charge is 0.247 e. The average molecular weight is 317 g/mol. The number of nitrogens with zero attached hydrogens (tertiary/aromatic N) is 3. The molecule has 0 saturated carbocycles. The fraction of sp³-hybridized carbons (Fsp3) is 0.636. The number of carbonyl (C=O) groups excluding carboxylic acids is 1. The Hall–Kier alpha value is -0.920. The predicted molar refractivity (Wildman–Crippen MR) is 69.9 cm³/mol. The van der Waals surface area contributed by atoms with Crippen molar-refractivity contribution in [2.75, 3.05) is 19.7 Å². The van der Waals surface area contributed by atoms with Gasteiger partial charge in [-0.1, -0.05) is 0 Å². The van der Waals surface area contributed by atoms with Crippen LogP contribution in [0, 0.1) is 13.8 Å². The fourth-order valence-electron chi connectivity index (χ4n) is 2.01. The number of hydrogen-bond donors (Lipinski definition) is 1. The Morgan fingerprint density at radius 1 is 1.61 bits per heavy atom. The summed E-state index contributed by atoms with van der Waals surface area (Å²) in [5.74, 6) is -0.408. The zero-order valence-corrected chi connectivity index (χ0v) is 12.1. The Morgan fingerprint density at radius 2 is 2.33 bits per heavy atom. The Kier molecular flexibility index (Phi) is 4.04. The lowest BCUT2D eigenvalue weighted by atomic mass is 10.3. The summed E-state index contributed by atoms with van der Waals surface area (Å²) in [7, 11) is 0. The molecule has 100 valence electrons. The molecule has 2 rings (SSSR count). The molecule has 1 fully saturated rings. The van der Waals surface area contributed by atoms with Crippen LogP contribution in [-0.2, 0) is 16.2 Å². The molecule has 7 heteroatoms. The lowest BCUT2D eigenvalue weighted by Crippen LogP contribution is -2.48. The maximum Gasteiger partial charge on any atom is 0.247 e. The number of halogens is 1. The predicted octanol–water partition coefficient (Wildman–Crippen LogP) is 0.406. The van der Waals surface area contributed by atoms with E-state index in [1.807, 2.05) is 18.5 Å². The highest BCUT2D eigenvalue weighted by Crippen LogP contribution is 2.20. The Balaban J connectivity index is 2.05.